The number of rotatable bonds is 6. The second-order valence-electron chi connectivity index (χ2n) is 5.72. The average molecular weight is 234 g/mol. The van der Waals surface area contributed by atoms with Gasteiger partial charge in [0.2, 0.25) is 0 Å². The third-order valence-corrected chi connectivity index (χ3v) is 3.54. The van der Waals surface area contributed by atoms with Gasteiger partial charge in [-0.3, -0.25) is 4.79 Å². The average Bonchev–Trinajstić information content (AvgIpc) is 2.26. The van der Waals surface area contributed by atoms with Gasteiger partial charge in [-0.15, -0.1) is 0 Å². The first-order valence-electron chi connectivity index (χ1n) is 6.90. The summed E-state index contributed by atoms with van der Waals surface area (Å²) in [6.07, 6.45) is 13.0. The minimum Gasteiger partial charge on any atom is -0.295 e. The molecule has 0 N–H and O–H groups in total. The first kappa shape index (κ1) is 14.2. The standard InChI is InChI=1S/C16H26O/c1-13(2)6-4-7-14(3)10-11-15-8-5-9-16(17)12-15/h5-6,9,14-15H,4,7-8,10-12H2,1-3H3/t14-,15-/m1/s1. The Balaban J connectivity index is 2.15. The van der Waals surface area contributed by atoms with E-state index in [1.807, 2.05) is 6.08 Å². The number of ketones is 1. The van der Waals surface area contributed by atoms with Crippen LogP contribution in [0, 0.1) is 11.8 Å². The van der Waals surface area contributed by atoms with E-state index < -0.39 is 0 Å². The number of carbonyl (C=O) groups excluding carboxylic acids is 1. The van der Waals surface area contributed by atoms with E-state index in [1.165, 1.54) is 31.3 Å². The Labute approximate surface area is 106 Å². The SMILES string of the molecule is CC(C)=CCC[C@@H](C)CC[C@H]1CC=CC(=O)C1. The van der Waals surface area contributed by atoms with Gasteiger partial charge in [0.15, 0.2) is 5.78 Å². The van der Waals surface area contributed by atoms with Crippen molar-refractivity contribution in [2.24, 2.45) is 11.8 Å². The molecule has 1 rings (SSSR count). The van der Waals surface area contributed by atoms with Crippen LogP contribution < -0.4 is 0 Å². The molecule has 1 aliphatic rings. The molecule has 0 aliphatic heterocycles. The van der Waals surface area contributed by atoms with E-state index in [0.717, 1.165) is 18.8 Å². The van der Waals surface area contributed by atoms with Crippen LogP contribution in [-0.4, -0.2) is 5.78 Å². The molecule has 0 spiro atoms. The lowest BCUT2D eigenvalue weighted by Crippen LogP contribution is -2.11. The summed E-state index contributed by atoms with van der Waals surface area (Å²) in [5.74, 6) is 1.71. The summed E-state index contributed by atoms with van der Waals surface area (Å²) in [6, 6.07) is 0. The van der Waals surface area contributed by atoms with Crippen LogP contribution in [0.25, 0.3) is 0 Å². The smallest absolute Gasteiger partial charge is 0.155 e. The Hall–Kier alpha value is -0.850. The highest BCUT2D eigenvalue weighted by molar-refractivity contribution is 5.90. The summed E-state index contributed by atoms with van der Waals surface area (Å²) in [5.41, 5.74) is 1.42. The zero-order chi connectivity index (χ0) is 12.7. The number of hydrogen-bond donors (Lipinski definition) is 0. The third kappa shape index (κ3) is 6.45. The molecular formula is C16H26O. The van der Waals surface area contributed by atoms with Crippen molar-refractivity contribution >= 4 is 5.78 Å². The van der Waals surface area contributed by atoms with E-state index in [2.05, 4.69) is 26.8 Å². The second-order valence-corrected chi connectivity index (χ2v) is 5.72. The van der Waals surface area contributed by atoms with E-state index in [-0.39, 0.29) is 0 Å². The monoisotopic (exact) mass is 234 g/mol. The molecule has 0 heterocycles. The van der Waals surface area contributed by atoms with E-state index >= 15 is 0 Å². The third-order valence-electron chi connectivity index (χ3n) is 3.54. The van der Waals surface area contributed by atoms with Gasteiger partial charge in [-0.2, -0.15) is 0 Å². The van der Waals surface area contributed by atoms with Crippen LogP contribution in [0.2, 0.25) is 0 Å². The lowest BCUT2D eigenvalue weighted by Gasteiger charge is -2.19. The first-order valence-corrected chi connectivity index (χ1v) is 6.90. The lowest BCUT2D eigenvalue weighted by molar-refractivity contribution is -0.115. The van der Waals surface area contributed by atoms with Crippen molar-refractivity contribution in [3.05, 3.63) is 23.8 Å². The van der Waals surface area contributed by atoms with Gasteiger partial charge in [0.05, 0.1) is 0 Å². The molecule has 0 fully saturated rings. The molecule has 1 heteroatoms. The summed E-state index contributed by atoms with van der Waals surface area (Å²) in [4.78, 5) is 11.3. The Morgan fingerprint density at radius 1 is 1.47 bits per heavy atom. The molecule has 0 saturated heterocycles. The fourth-order valence-electron chi connectivity index (χ4n) is 2.37. The first-order chi connectivity index (χ1) is 8.08. The molecule has 0 amide bonds. The van der Waals surface area contributed by atoms with E-state index in [1.54, 1.807) is 6.08 Å². The molecular weight excluding hydrogens is 208 g/mol. The summed E-state index contributed by atoms with van der Waals surface area (Å²) >= 11 is 0. The summed E-state index contributed by atoms with van der Waals surface area (Å²) in [6.45, 7) is 6.65. The minimum absolute atomic E-state index is 0.318. The van der Waals surface area contributed by atoms with Crippen LogP contribution in [0.15, 0.2) is 23.8 Å². The predicted molar refractivity (Wildman–Crippen MR) is 73.9 cm³/mol. The van der Waals surface area contributed by atoms with Crippen molar-refractivity contribution in [1.29, 1.82) is 0 Å². The molecule has 0 saturated carbocycles. The maximum Gasteiger partial charge on any atom is 0.155 e. The van der Waals surface area contributed by atoms with Crippen molar-refractivity contribution in [3.63, 3.8) is 0 Å². The largest absolute Gasteiger partial charge is 0.295 e. The quantitative estimate of drug-likeness (QED) is 0.610. The van der Waals surface area contributed by atoms with Crippen LogP contribution in [0.5, 0.6) is 0 Å². The summed E-state index contributed by atoms with van der Waals surface area (Å²) in [5, 5.41) is 0. The van der Waals surface area contributed by atoms with Crippen LogP contribution in [-0.2, 0) is 4.79 Å². The molecule has 17 heavy (non-hydrogen) atoms. The molecule has 0 unspecified atom stereocenters. The number of allylic oxidation sites excluding steroid dienone is 4. The highest BCUT2D eigenvalue weighted by atomic mass is 16.1. The highest BCUT2D eigenvalue weighted by Crippen LogP contribution is 2.24. The fraction of sp³-hybridized carbons (Fsp3) is 0.688. The van der Waals surface area contributed by atoms with Crippen LogP contribution in [0.4, 0.5) is 0 Å². The molecule has 0 aromatic rings. The van der Waals surface area contributed by atoms with Gasteiger partial charge in [-0.1, -0.05) is 31.1 Å². The molecule has 1 aliphatic carbocycles. The lowest BCUT2D eigenvalue weighted by atomic mass is 9.86. The van der Waals surface area contributed by atoms with Crippen molar-refractivity contribution < 1.29 is 4.79 Å². The van der Waals surface area contributed by atoms with E-state index in [4.69, 9.17) is 0 Å². The molecule has 96 valence electrons. The molecule has 2 atom stereocenters. The van der Waals surface area contributed by atoms with Gasteiger partial charge in [-0.25, -0.2) is 0 Å². The zero-order valence-electron chi connectivity index (χ0n) is 11.5. The van der Waals surface area contributed by atoms with Crippen molar-refractivity contribution in [1.82, 2.24) is 0 Å². The topological polar surface area (TPSA) is 17.1 Å². The highest BCUT2D eigenvalue weighted by Gasteiger charge is 2.15. The Bertz CT molecular complexity index is 295. The zero-order valence-corrected chi connectivity index (χ0v) is 11.5. The maximum atomic E-state index is 11.3. The van der Waals surface area contributed by atoms with Crippen LogP contribution in [0.1, 0.15) is 59.3 Å². The maximum absolute atomic E-state index is 11.3. The van der Waals surface area contributed by atoms with Gasteiger partial charge >= 0.3 is 0 Å². The molecule has 0 aromatic carbocycles. The van der Waals surface area contributed by atoms with Gasteiger partial charge in [-0.05, 0) is 57.4 Å². The Kier molecular flexibility index (Phi) is 6.25. The molecule has 0 radical (unpaired) electrons. The van der Waals surface area contributed by atoms with Crippen LogP contribution >= 0.6 is 0 Å². The van der Waals surface area contributed by atoms with E-state index in [9.17, 15) is 4.79 Å². The molecule has 0 aromatic heterocycles. The van der Waals surface area contributed by atoms with Crippen molar-refractivity contribution in [2.45, 2.75) is 59.3 Å². The fourth-order valence-corrected chi connectivity index (χ4v) is 2.37. The number of hydrogen-bond acceptors (Lipinski definition) is 1. The normalized spacial score (nSPS) is 21.4. The number of carbonyl (C=O) groups is 1. The predicted octanol–water partition coefficient (Wildman–Crippen LogP) is 4.68. The van der Waals surface area contributed by atoms with Crippen molar-refractivity contribution in [3.8, 4) is 0 Å². The minimum atomic E-state index is 0.318. The Morgan fingerprint density at radius 2 is 2.24 bits per heavy atom. The molecule has 0 bridgehead atoms. The van der Waals surface area contributed by atoms with Crippen molar-refractivity contribution in [2.75, 3.05) is 0 Å². The molecule has 1 nitrogen and oxygen atoms in total. The second kappa shape index (κ2) is 7.47. The van der Waals surface area contributed by atoms with Gasteiger partial charge in [0, 0.05) is 6.42 Å². The summed E-state index contributed by atoms with van der Waals surface area (Å²) in [7, 11) is 0. The summed E-state index contributed by atoms with van der Waals surface area (Å²) < 4.78 is 0. The van der Waals surface area contributed by atoms with Crippen LogP contribution in [0.3, 0.4) is 0 Å². The van der Waals surface area contributed by atoms with Gasteiger partial charge < -0.3 is 0 Å². The van der Waals surface area contributed by atoms with Gasteiger partial charge in [0.25, 0.3) is 0 Å². The van der Waals surface area contributed by atoms with E-state index in [0.29, 0.717) is 11.7 Å². The Morgan fingerprint density at radius 3 is 2.88 bits per heavy atom. The van der Waals surface area contributed by atoms with Gasteiger partial charge in [0.1, 0.15) is 0 Å².